The number of methoxy groups -OCH3 is 1. The SMILES string of the molecule is COc1cnccc1[C@H](C)NC(=O)N[C@H]1CCN(c2ccccc2)C1. The van der Waals surface area contributed by atoms with Gasteiger partial charge < -0.3 is 20.3 Å². The van der Waals surface area contributed by atoms with E-state index in [0.717, 1.165) is 25.1 Å². The van der Waals surface area contributed by atoms with Crippen molar-refractivity contribution in [2.24, 2.45) is 0 Å². The lowest BCUT2D eigenvalue weighted by molar-refractivity contribution is 0.234. The highest BCUT2D eigenvalue weighted by molar-refractivity contribution is 5.75. The second-order valence-electron chi connectivity index (χ2n) is 6.22. The molecule has 25 heavy (non-hydrogen) atoms. The highest BCUT2D eigenvalue weighted by atomic mass is 16.5. The quantitative estimate of drug-likeness (QED) is 0.878. The van der Waals surface area contributed by atoms with Gasteiger partial charge in [0.2, 0.25) is 0 Å². The summed E-state index contributed by atoms with van der Waals surface area (Å²) in [4.78, 5) is 18.7. The molecule has 6 nitrogen and oxygen atoms in total. The molecule has 2 amide bonds. The third-order valence-corrected chi connectivity index (χ3v) is 4.50. The lowest BCUT2D eigenvalue weighted by Gasteiger charge is -2.21. The number of nitrogens with zero attached hydrogens (tertiary/aromatic N) is 2. The second kappa shape index (κ2) is 7.88. The number of hydrogen-bond donors (Lipinski definition) is 2. The number of amides is 2. The minimum absolute atomic E-state index is 0.145. The van der Waals surface area contributed by atoms with Crippen molar-refractivity contribution in [3.05, 3.63) is 54.4 Å². The highest BCUT2D eigenvalue weighted by Crippen LogP contribution is 2.23. The third-order valence-electron chi connectivity index (χ3n) is 4.50. The molecular weight excluding hydrogens is 316 g/mol. The van der Waals surface area contributed by atoms with Gasteiger partial charge in [0.1, 0.15) is 5.75 Å². The van der Waals surface area contributed by atoms with Gasteiger partial charge in [0, 0.05) is 36.6 Å². The van der Waals surface area contributed by atoms with Gasteiger partial charge in [0.15, 0.2) is 0 Å². The summed E-state index contributed by atoms with van der Waals surface area (Å²) >= 11 is 0. The topological polar surface area (TPSA) is 66.5 Å². The Kier molecular flexibility index (Phi) is 5.38. The Bertz CT molecular complexity index is 708. The Morgan fingerprint density at radius 3 is 2.88 bits per heavy atom. The van der Waals surface area contributed by atoms with E-state index in [9.17, 15) is 4.79 Å². The molecule has 0 radical (unpaired) electrons. The van der Waals surface area contributed by atoms with E-state index < -0.39 is 0 Å². The average Bonchev–Trinajstić information content (AvgIpc) is 3.10. The van der Waals surface area contributed by atoms with Gasteiger partial charge in [-0.1, -0.05) is 18.2 Å². The summed E-state index contributed by atoms with van der Waals surface area (Å²) in [5, 5.41) is 6.04. The van der Waals surface area contributed by atoms with Crippen molar-refractivity contribution >= 4 is 11.7 Å². The Labute approximate surface area is 148 Å². The molecule has 2 heterocycles. The van der Waals surface area contributed by atoms with E-state index in [1.807, 2.05) is 31.2 Å². The van der Waals surface area contributed by atoms with Crippen LogP contribution in [0.2, 0.25) is 0 Å². The van der Waals surface area contributed by atoms with Crippen LogP contribution in [-0.4, -0.2) is 37.3 Å². The summed E-state index contributed by atoms with van der Waals surface area (Å²) in [6, 6.07) is 12.0. The molecule has 0 bridgehead atoms. The van der Waals surface area contributed by atoms with Gasteiger partial charge in [-0.15, -0.1) is 0 Å². The van der Waals surface area contributed by atoms with Crippen molar-refractivity contribution in [1.29, 1.82) is 0 Å². The van der Waals surface area contributed by atoms with Gasteiger partial charge in [-0.3, -0.25) is 4.98 Å². The summed E-state index contributed by atoms with van der Waals surface area (Å²) in [5.41, 5.74) is 2.10. The largest absolute Gasteiger partial charge is 0.495 e. The van der Waals surface area contributed by atoms with E-state index in [1.165, 1.54) is 5.69 Å². The highest BCUT2D eigenvalue weighted by Gasteiger charge is 2.24. The minimum atomic E-state index is -0.162. The molecule has 1 saturated heterocycles. The van der Waals surface area contributed by atoms with Crippen LogP contribution < -0.4 is 20.3 Å². The lowest BCUT2D eigenvalue weighted by Crippen LogP contribution is -2.44. The molecule has 1 fully saturated rings. The van der Waals surface area contributed by atoms with Gasteiger partial charge in [0.25, 0.3) is 0 Å². The smallest absolute Gasteiger partial charge is 0.315 e. The fourth-order valence-electron chi connectivity index (χ4n) is 3.17. The van der Waals surface area contributed by atoms with Gasteiger partial charge >= 0.3 is 6.03 Å². The number of para-hydroxylation sites is 1. The van der Waals surface area contributed by atoms with Crippen molar-refractivity contribution in [1.82, 2.24) is 15.6 Å². The van der Waals surface area contributed by atoms with Crippen LogP contribution >= 0.6 is 0 Å². The number of urea groups is 1. The van der Waals surface area contributed by atoms with Gasteiger partial charge in [0.05, 0.1) is 19.3 Å². The summed E-state index contributed by atoms with van der Waals surface area (Å²) in [5.74, 6) is 0.673. The zero-order valence-electron chi connectivity index (χ0n) is 14.6. The molecule has 0 spiro atoms. The van der Waals surface area contributed by atoms with Crippen LogP contribution in [0.15, 0.2) is 48.8 Å². The van der Waals surface area contributed by atoms with Crippen LogP contribution in [0, 0.1) is 0 Å². The number of rotatable bonds is 5. The maximum Gasteiger partial charge on any atom is 0.315 e. The molecule has 1 aliphatic heterocycles. The van der Waals surface area contributed by atoms with Crippen LogP contribution in [-0.2, 0) is 0 Å². The number of hydrogen-bond acceptors (Lipinski definition) is 4. The summed E-state index contributed by atoms with van der Waals surface area (Å²) < 4.78 is 5.30. The first kappa shape index (κ1) is 17.1. The summed E-state index contributed by atoms with van der Waals surface area (Å²) in [6.07, 6.45) is 4.29. The van der Waals surface area contributed by atoms with Crippen molar-refractivity contribution in [3.8, 4) is 5.75 Å². The molecule has 2 N–H and O–H groups in total. The number of pyridine rings is 1. The maximum absolute atomic E-state index is 12.3. The minimum Gasteiger partial charge on any atom is -0.495 e. The lowest BCUT2D eigenvalue weighted by atomic mass is 10.1. The molecule has 1 aromatic heterocycles. The normalized spacial score (nSPS) is 17.8. The van der Waals surface area contributed by atoms with Gasteiger partial charge in [-0.25, -0.2) is 4.79 Å². The van der Waals surface area contributed by atoms with E-state index in [-0.39, 0.29) is 18.1 Å². The predicted molar refractivity (Wildman–Crippen MR) is 97.9 cm³/mol. The van der Waals surface area contributed by atoms with Gasteiger partial charge in [-0.2, -0.15) is 0 Å². The first-order chi connectivity index (χ1) is 12.2. The molecule has 0 unspecified atom stereocenters. The molecule has 2 atom stereocenters. The number of ether oxygens (including phenoxy) is 1. The van der Waals surface area contributed by atoms with Crippen molar-refractivity contribution in [2.45, 2.75) is 25.4 Å². The molecule has 2 aromatic rings. The summed E-state index contributed by atoms with van der Waals surface area (Å²) in [6.45, 7) is 3.70. The van der Waals surface area contributed by atoms with Gasteiger partial charge in [-0.05, 0) is 31.5 Å². The Morgan fingerprint density at radius 2 is 2.12 bits per heavy atom. The third kappa shape index (κ3) is 4.21. The monoisotopic (exact) mass is 340 g/mol. The number of anilines is 1. The van der Waals surface area contributed by atoms with Crippen LogP contribution in [0.25, 0.3) is 0 Å². The molecular formula is C19H24N4O2. The number of carbonyl (C=O) groups excluding carboxylic acids is 1. The van der Waals surface area contributed by atoms with E-state index in [4.69, 9.17) is 4.74 Å². The Morgan fingerprint density at radius 1 is 1.32 bits per heavy atom. The zero-order valence-corrected chi connectivity index (χ0v) is 14.6. The molecule has 0 aliphatic carbocycles. The van der Waals surface area contributed by atoms with E-state index in [2.05, 4.69) is 32.7 Å². The number of nitrogens with one attached hydrogen (secondary N) is 2. The molecule has 0 saturated carbocycles. The Balaban J connectivity index is 1.53. The van der Waals surface area contributed by atoms with E-state index in [1.54, 1.807) is 19.5 Å². The predicted octanol–water partition coefficient (Wildman–Crippen LogP) is 2.73. The standard InChI is InChI=1S/C19H24N4O2/c1-14(17-8-10-20-12-18(17)25-2)21-19(24)22-15-9-11-23(13-15)16-6-4-3-5-7-16/h3-8,10,12,14-15H,9,11,13H2,1-2H3,(H2,21,22,24)/t14-,15-/m0/s1. The first-order valence-corrected chi connectivity index (χ1v) is 8.52. The van der Waals surface area contributed by atoms with Crippen LogP contribution in [0.5, 0.6) is 5.75 Å². The zero-order chi connectivity index (χ0) is 17.6. The van der Waals surface area contributed by atoms with E-state index in [0.29, 0.717) is 5.75 Å². The number of benzene rings is 1. The second-order valence-corrected chi connectivity index (χ2v) is 6.22. The van der Waals surface area contributed by atoms with Crippen molar-refractivity contribution < 1.29 is 9.53 Å². The Hall–Kier alpha value is -2.76. The first-order valence-electron chi connectivity index (χ1n) is 8.52. The maximum atomic E-state index is 12.3. The number of carbonyl (C=O) groups is 1. The molecule has 3 rings (SSSR count). The van der Waals surface area contributed by atoms with Crippen LogP contribution in [0.4, 0.5) is 10.5 Å². The van der Waals surface area contributed by atoms with Crippen molar-refractivity contribution in [3.63, 3.8) is 0 Å². The van der Waals surface area contributed by atoms with Crippen molar-refractivity contribution in [2.75, 3.05) is 25.1 Å². The van der Waals surface area contributed by atoms with Crippen LogP contribution in [0.1, 0.15) is 24.9 Å². The average molecular weight is 340 g/mol. The molecule has 1 aromatic carbocycles. The van der Waals surface area contributed by atoms with Crippen LogP contribution in [0.3, 0.4) is 0 Å². The molecule has 6 heteroatoms. The molecule has 1 aliphatic rings. The number of aromatic nitrogens is 1. The molecule has 132 valence electrons. The van der Waals surface area contributed by atoms with E-state index >= 15 is 0 Å². The fraction of sp³-hybridized carbons (Fsp3) is 0.368. The summed E-state index contributed by atoms with van der Waals surface area (Å²) in [7, 11) is 1.60. The fourth-order valence-corrected chi connectivity index (χ4v) is 3.17.